The van der Waals surface area contributed by atoms with Crippen LogP contribution in [0.15, 0.2) is 83.8 Å². The lowest BCUT2D eigenvalue weighted by Gasteiger charge is -2.30. The molecule has 0 aliphatic heterocycles. The largest absolute Gasteiger partial charge is 0.497 e. The lowest BCUT2D eigenvalue weighted by Crippen LogP contribution is -2.39. The van der Waals surface area contributed by atoms with Crippen LogP contribution in [-0.2, 0) is 25.6 Å². The minimum Gasteiger partial charge on any atom is -0.497 e. The minimum absolute atomic E-state index is 0.120. The van der Waals surface area contributed by atoms with Crippen LogP contribution in [0.25, 0.3) is 0 Å². The Labute approximate surface area is 211 Å². The Bertz CT molecular complexity index is 1240. The first-order chi connectivity index (χ1) is 17.0. The molecule has 0 spiro atoms. The van der Waals surface area contributed by atoms with Gasteiger partial charge in [0.2, 0.25) is 0 Å². The summed E-state index contributed by atoms with van der Waals surface area (Å²) in [5.74, 6) is 0.0996. The molecule has 0 N–H and O–H groups in total. The van der Waals surface area contributed by atoms with Crippen molar-refractivity contribution in [2.45, 2.75) is 43.9 Å². The summed E-state index contributed by atoms with van der Waals surface area (Å²) in [6.45, 7) is 5.27. The lowest BCUT2D eigenvalue weighted by molar-refractivity contribution is 0.0151. The van der Waals surface area contributed by atoms with Crippen LogP contribution in [0.2, 0.25) is 0 Å². The molecule has 0 aliphatic carbocycles. The molecular weight excluding hydrogens is 485 g/mol. The lowest BCUT2D eigenvalue weighted by atomic mass is 10.1. The number of halogens is 1. The molecule has 1 unspecified atom stereocenters. The van der Waals surface area contributed by atoms with Crippen LogP contribution in [0.5, 0.6) is 5.75 Å². The van der Waals surface area contributed by atoms with Gasteiger partial charge in [-0.1, -0.05) is 42.5 Å². The van der Waals surface area contributed by atoms with Crippen molar-refractivity contribution in [1.82, 2.24) is 4.90 Å². The van der Waals surface area contributed by atoms with E-state index in [9.17, 15) is 17.6 Å². The molecule has 7 nitrogen and oxygen atoms in total. The summed E-state index contributed by atoms with van der Waals surface area (Å²) in [7, 11) is -2.71. The van der Waals surface area contributed by atoms with Gasteiger partial charge < -0.3 is 14.4 Å². The van der Waals surface area contributed by atoms with Crippen LogP contribution in [-0.4, -0.2) is 38.7 Å². The number of rotatable bonds is 9. The van der Waals surface area contributed by atoms with Gasteiger partial charge in [-0.15, -0.1) is 0 Å². The average molecular weight is 516 g/mol. The number of ether oxygens (including phenoxy) is 2. The maximum atomic E-state index is 13.4. The van der Waals surface area contributed by atoms with E-state index in [0.717, 1.165) is 29.8 Å². The van der Waals surface area contributed by atoms with Gasteiger partial charge in [-0.05, 0) is 68.3 Å². The maximum absolute atomic E-state index is 13.4. The topological polar surface area (TPSA) is 82.1 Å². The predicted molar refractivity (Wildman–Crippen MR) is 133 cm³/mol. The number of hydrogen-bond donors (Lipinski definition) is 0. The highest BCUT2D eigenvalue weighted by molar-refractivity contribution is 7.86. The smallest absolute Gasteiger partial charge is 0.410 e. The molecule has 0 aromatic heterocycles. The first kappa shape index (κ1) is 27.2. The van der Waals surface area contributed by atoms with Gasteiger partial charge in [0.25, 0.3) is 10.1 Å². The zero-order valence-electron chi connectivity index (χ0n) is 20.7. The Hall–Kier alpha value is -3.43. The molecular formula is C27H30FNO6S. The van der Waals surface area contributed by atoms with Crippen molar-refractivity contribution in [3.63, 3.8) is 0 Å². The van der Waals surface area contributed by atoms with Crippen LogP contribution in [0.1, 0.15) is 38.0 Å². The van der Waals surface area contributed by atoms with Crippen molar-refractivity contribution in [1.29, 1.82) is 0 Å². The van der Waals surface area contributed by atoms with Crippen LogP contribution < -0.4 is 4.74 Å². The van der Waals surface area contributed by atoms with Crippen molar-refractivity contribution in [3.8, 4) is 5.75 Å². The highest BCUT2D eigenvalue weighted by Gasteiger charge is 2.30. The summed E-state index contributed by atoms with van der Waals surface area (Å²) < 4.78 is 55.8. The van der Waals surface area contributed by atoms with Crippen molar-refractivity contribution >= 4 is 16.2 Å². The van der Waals surface area contributed by atoms with Crippen molar-refractivity contribution in [2.24, 2.45) is 0 Å². The normalized spacial score (nSPS) is 12.6. The van der Waals surface area contributed by atoms with Gasteiger partial charge in [-0.3, -0.25) is 4.18 Å². The Morgan fingerprint density at radius 3 is 2.11 bits per heavy atom. The number of methoxy groups -OCH3 is 1. The molecule has 0 radical (unpaired) electrons. The summed E-state index contributed by atoms with van der Waals surface area (Å²) in [5, 5.41) is 0. The summed E-state index contributed by atoms with van der Waals surface area (Å²) in [6.07, 6.45) is -1.67. The fraction of sp³-hybridized carbons (Fsp3) is 0.296. The van der Waals surface area contributed by atoms with E-state index in [0.29, 0.717) is 11.3 Å². The zero-order valence-corrected chi connectivity index (χ0v) is 21.5. The summed E-state index contributed by atoms with van der Waals surface area (Å²) in [6, 6.07) is 20.2. The van der Waals surface area contributed by atoms with Crippen LogP contribution in [0.4, 0.5) is 9.18 Å². The molecule has 9 heteroatoms. The molecule has 3 rings (SSSR count). The molecule has 0 fully saturated rings. The third-order valence-corrected chi connectivity index (χ3v) is 6.42. The molecule has 3 aromatic rings. The van der Waals surface area contributed by atoms with Crippen molar-refractivity contribution < 1.29 is 31.3 Å². The van der Waals surface area contributed by atoms with Crippen molar-refractivity contribution in [3.05, 3.63) is 95.8 Å². The van der Waals surface area contributed by atoms with E-state index in [1.165, 1.54) is 4.90 Å². The van der Waals surface area contributed by atoms with Crippen LogP contribution >= 0.6 is 0 Å². The Morgan fingerprint density at radius 2 is 1.56 bits per heavy atom. The number of carbonyl (C=O) groups is 1. The standard InChI is InChI=1S/C27H30FNO6S/c1-27(2,3)34-26(30)29(18-20-10-14-23(33-4)15-11-20)19-25(21-8-6-5-7-9-21)35-36(31,32)24-16-12-22(28)13-17-24/h5-17,25H,18-19H2,1-4H3. The van der Waals surface area contributed by atoms with Gasteiger partial charge in [-0.2, -0.15) is 8.42 Å². The van der Waals surface area contributed by atoms with Gasteiger partial charge in [0.05, 0.1) is 18.6 Å². The molecule has 36 heavy (non-hydrogen) atoms. The van der Waals surface area contributed by atoms with E-state index < -0.39 is 33.7 Å². The Morgan fingerprint density at radius 1 is 0.944 bits per heavy atom. The van der Waals surface area contributed by atoms with Gasteiger partial charge in [0, 0.05) is 6.54 Å². The molecule has 0 bridgehead atoms. The van der Waals surface area contributed by atoms with Crippen molar-refractivity contribution in [2.75, 3.05) is 13.7 Å². The van der Waals surface area contributed by atoms with E-state index in [2.05, 4.69) is 0 Å². The maximum Gasteiger partial charge on any atom is 0.410 e. The third-order valence-electron chi connectivity index (χ3n) is 5.09. The van der Waals surface area contributed by atoms with E-state index in [-0.39, 0.29) is 18.0 Å². The number of carbonyl (C=O) groups excluding carboxylic acids is 1. The van der Waals surface area contributed by atoms with E-state index in [1.54, 1.807) is 70.3 Å². The van der Waals surface area contributed by atoms with E-state index in [1.807, 2.05) is 12.1 Å². The Kier molecular flexibility index (Phi) is 8.70. The average Bonchev–Trinajstić information content (AvgIpc) is 2.83. The second-order valence-corrected chi connectivity index (χ2v) is 10.7. The second-order valence-electron chi connectivity index (χ2n) is 9.11. The van der Waals surface area contributed by atoms with Crippen LogP contribution in [0.3, 0.4) is 0 Å². The van der Waals surface area contributed by atoms with Gasteiger partial charge in [0.15, 0.2) is 0 Å². The number of nitrogens with zero attached hydrogens (tertiary/aromatic N) is 1. The molecule has 0 saturated heterocycles. The molecule has 0 saturated carbocycles. The molecule has 0 heterocycles. The molecule has 192 valence electrons. The van der Waals surface area contributed by atoms with E-state index in [4.69, 9.17) is 13.7 Å². The second kappa shape index (κ2) is 11.5. The summed E-state index contributed by atoms with van der Waals surface area (Å²) in [5.41, 5.74) is 0.569. The van der Waals surface area contributed by atoms with Gasteiger partial charge in [0.1, 0.15) is 23.3 Å². The summed E-state index contributed by atoms with van der Waals surface area (Å²) in [4.78, 5) is 14.4. The van der Waals surface area contributed by atoms with Gasteiger partial charge in [-0.25, -0.2) is 9.18 Å². The molecule has 3 aromatic carbocycles. The van der Waals surface area contributed by atoms with Gasteiger partial charge >= 0.3 is 6.09 Å². The quantitative estimate of drug-likeness (QED) is 0.339. The summed E-state index contributed by atoms with van der Waals surface area (Å²) >= 11 is 0. The first-order valence-electron chi connectivity index (χ1n) is 11.3. The predicted octanol–water partition coefficient (Wildman–Crippen LogP) is 5.72. The third kappa shape index (κ3) is 7.79. The SMILES string of the molecule is COc1ccc(CN(CC(OS(=O)(=O)c2ccc(F)cc2)c2ccccc2)C(=O)OC(C)(C)C)cc1. The number of amides is 1. The molecule has 1 atom stereocenters. The first-order valence-corrected chi connectivity index (χ1v) is 12.7. The number of hydrogen-bond acceptors (Lipinski definition) is 6. The van der Waals surface area contributed by atoms with E-state index >= 15 is 0 Å². The highest BCUT2D eigenvalue weighted by atomic mass is 32.2. The highest BCUT2D eigenvalue weighted by Crippen LogP contribution is 2.27. The monoisotopic (exact) mass is 515 g/mol. The Balaban J connectivity index is 1.94. The minimum atomic E-state index is -4.27. The number of benzene rings is 3. The fourth-order valence-corrected chi connectivity index (χ4v) is 4.41. The molecule has 1 amide bonds. The zero-order chi connectivity index (χ0) is 26.3. The fourth-order valence-electron chi connectivity index (χ4n) is 3.35. The molecule has 0 aliphatic rings. The van der Waals surface area contributed by atoms with Crippen LogP contribution in [0, 0.1) is 5.82 Å².